The quantitative estimate of drug-likeness (QED) is 0.489. The first kappa shape index (κ1) is 24.6. The van der Waals surface area contributed by atoms with Gasteiger partial charge in [0.1, 0.15) is 5.75 Å². The third-order valence-corrected chi connectivity index (χ3v) is 4.85. The first-order valence-corrected chi connectivity index (χ1v) is 10.8. The van der Waals surface area contributed by atoms with Crippen LogP contribution in [0.15, 0.2) is 42.5 Å². The number of anilines is 2. The predicted molar refractivity (Wildman–Crippen MR) is 130 cm³/mol. The molecule has 2 amide bonds. The van der Waals surface area contributed by atoms with Crippen molar-refractivity contribution in [3.05, 3.63) is 53.1 Å². The van der Waals surface area contributed by atoms with Gasteiger partial charge in [0, 0.05) is 12.1 Å². The molecular weight excluding hydrogens is 434 g/mol. The van der Waals surface area contributed by atoms with Gasteiger partial charge >= 0.3 is 0 Å². The lowest BCUT2D eigenvalue weighted by molar-refractivity contribution is -0.121. The molecule has 0 aliphatic rings. The summed E-state index contributed by atoms with van der Waals surface area (Å²) in [6, 6.07) is 12.6. The fraction of sp³-hybridized carbons (Fsp3) is 0.348. The zero-order valence-electron chi connectivity index (χ0n) is 18.2. The van der Waals surface area contributed by atoms with Crippen molar-refractivity contribution in [2.45, 2.75) is 46.0 Å². The van der Waals surface area contributed by atoms with Crippen LogP contribution in [0.4, 0.5) is 11.4 Å². The van der Waals surface area contributed by atoms with Crippen molar-refractivity contribution in [3.8, 4) is 5.75 Å². The van der Waals surface area contributed by atoms with Gasteiger partial charge in [0.05, 0.1) is 10.7 Å². The molecule has 3 N–H and O–H groups in total. The van der Waals surface area contributed by atoms with Crippen LogP contribution in [0.2, 0.25) is 5.02 Å². The standard InChI is InChI=1S/C23H28ClN3O3S/c1-5-6-20(28)25-16-9-12-18(24)19(13-16)26-22(31)27-21(29)14-30-17-10-7-15(8-11-17)23(2,3)4/h7-13H,5-6,14H2,1-4H3,(H,25,28)(H2,26,27,29,31). The number of carbonyl (C=O) groups excluding carboxylic acids is 2. The van der Waals surface area contributed by atoms with Gasteiger partial charge in [-0.25, -0.2) is 0 Å². The molecule has 8 heteroatoms. The monoisotopic (exact) mass is 461 g/mol. The van der Waals surface area contributed by atoms with E-state index >= 15 is 0 Å². The highest BCUT2D eigenvalue weighted by Gasteiger charge is 2.14. The number of amides is 2. The van der Waals surface area contributed by atoms with Crippen LogP contribution in [0.5, 0.6) is 5.75 Å². The van der Waals surface area contributed by atoms with Crippen molar-refractivity contribution in [1.29, 1.82) is 0 Å². The molecule has 0 heterocycles. The van der Waals surface area contributed by atoms with Crippen LogP contribution in [-0.2, 0) is 15.0 Å². The van der Waals surface area contributed by atoms with Crippen LogP contribution in [0, 0.1) is 0 Å². The van der Waals surface area contributed by atoms with E-state index in [1.54, 1.807) is 18.2 Å². The zero-order chi connectivity index (χ0) is 23.0. The number of ether oxygens (including phenoxy) is 1. The minimum absolute atomic E-state index is 0.0468. The number of halogens is 1. The van der Waals surface area contributed by atoms with Gasteiger partial charge in [-0.3, -0.25) is 14.9 Å². The number of nitrogens with one attached hydrogen (secondary N) is 3. The number of benzene rings is 2. The fourth-order valence-electron chi connectivity index (χ4n) is 2.67. The summed E-state index contributed by atoms with van der Waals surface area (Å²) >= 11 is 11.4. The lowest BCUT2D eigenvalue weighted by Gasteiger charge is -2.19. The topological polar surface area (TPSA) is 79.5 Å². The van der Waals surface area contributed by atoms with Gasteiger partial charge in [-0.05, 0) is 59.9 Å². The van der Waals surface area contributed by atoms with Crippen molar-refractivity contribution < 1.29 is 14.3 Å². The number of carbonyl (C=O) groups is 2. The molecule has 0 radical (unpaired) electrons. The summed E-state index contributed by atoms with van der Waals surface area (Å²) < 4.78 is 5.52. The number of rotatable bonds is 7. The van der Waals surface area contributed by atoms with E-state index in [-0.39, 0.29) is 23.0 Å². The van der Waals surface area contributed by atoms with Gasteiger partial charge in [-0.1, -0.05) is 51.4 Å². The second kappa shape index (κ2) is 11.1. The molecule has 2 aromatic rings. The third kappa shape index (κ3) is 8.19. The Bertz CT molecular complexity index is 940. The summed E-state index contributed by atoms with van der Waals surface area (Å²) in [7, 11) is 0. The van der Waals surface area contributed by atoms with E-state index in [4.69, 9.17) is 28.6 Å². The Morgan fingerprint density at radius 3 is 2.32 bits per heavy atom. The molecule has 0 aliphatic heterocycles. The van der Waals surface area contributed by atoms with E-state index < -0.39 is 5.91 Å². The summed E-state index contributed by atoms with van der Waals surface area (Å²) in [5, 5.41) is 8.69. The minimum Gasteiger partial charge on any atom is -0.484 e. The Balaban J connectivity index is 1.87. The van der Waals surface area contributed by atoms with E-state index in [1.807, 2.05) is 31.2 Å². The molecule has 6 nitrogen and oxygen atoms in total. The summed E-state index contributed by atoms with van der Waals surface area (Å²) in [4.78, 5) is 23.9. The Morgan fingerprint density at radius 1 is 1.03 bits per heavy atom. The molecule has 2 aromatic carbocycles. The van der Waals surface area contributed by atoms with Gasteiger partial charge in [0.25, 0.3) is 5.91 Å². The van der Waals surface area contributed by atoms with Gasteiger partial charge in [-0.2, -0.15) is 0 Å². The number of thiocarbonyl (C=S) groups is 1. The normalized spacial score (nSPS) is 10.9. The van der Waals surface area contributed by atoms with Crippen molar-refractivity contribution in [3.63, 3.8) is 0 Å². The Kier molecular flexibility index (Phi) is 8.83. The molecule has 2 rings (SSSR count). The van der Waals surface area contributed by atoms with Crippen LogP contribution in [0.3, 0.4) is 0 Å². The highest BCUT2D eigenvalue weighted by molar-refractivity contribution is 7.80. The summed E-state index contributed by atoms with van der Waals surface area (Å²) in [6.45, 7) is 8.14. The minimum atomic E-state index is -0.402. The average molecular weight is 462 g/mol. The highest BCUT2D eigenvalue weighted by atomic mass is 35.5. The maximum atomic E-state index is 12.2. The average Bonchev–Trinajstić information content (AvgIpc) is 2.68. The van der Waals surface area contributed by atoms with E-state index in [0.717, 1.165) is 6.42 Å². The van der Waals surface area contributed by atoms with Gasteiger partial charge in [0.15, 0.2) is 11.7 Å². The lowest BCUT2D eigenvalue weighted by Crippen LogP contribution is -2.37. The van der Waals surface area contributed by atoms with Crippen molar-refractivity contribution >= 4 is 52.1 Å². The van der Waals surface area contributed by atoms with E-state index in [1.165, 1.54) is 5.56 Å². The van der Waals surface area contributed by atoms with Gasteiger partial charge in [-0.15, -0.1) is 0 Å². The van der Waals surface area contributed by atoms with Gasteiger partial charge in [0.2, 0.25) is 5.91 Å². The molecular formula is C23H28ClN3O3S. The Morgan fingerprint density at radius 2 is 1.71 bits per heavy atom. The zero-order valence-corrected chi connectivity index (χ0v) is 19.7. The van der Waals surface area contributed by atoms with E-state index in [0.29, 0.717) is 28.6 Å². The molecule has 0 spiro atoms. The van der Waals surface area contributed by atoms with Crippen LogP contribution >= 0.6 is 23.8 Å². The number of hydrogen-bond acceptors (Lipinski definition) is 4. The second-order valence-electron chi connectivity index (χ2n) is 8.06. The molecule has 0 unspecified atom stereocenters. The SMILES string of the molecule is CCCC(=O)Nc1ccc(Cl)c(NC(=S)NC(=O)COc2ccc(C(C)(C)C)cc2)c1. The lowest BCUT2D eigenvalue weighted by atomic mass is 9.87. The van der Waals surface area contributed by atoms with Gasteiger partial charge < -0.3 is 15.4 Å². The first-order chi connectivity index (χ1) is 14.6. The summed E-state index contributed by atoms with van der Waals surface area (Å²) in [6.07, 6.45) is 1.18. The molecule has 0 bridgehead atoms. The predicted octanol–water partition coefficient (Wildman–Crippen LogP) is 5.27. The molecule has 0 saturated heterocycles. The van der Waals surface area contributed by atoms with Crippen LogP contribution in [0.25, 0.3) is 0 Å². The molecule has 0 saturated carbocycles. The Labute approximate surface area is 193 Å². The molecule has 0 aliphatic carbocycles. The van der Waals surface area contributed by atoms with Crippen molar-refractivity contribution in [2.24, 2.45) is 0 Å². The highest BCUT2D eigenvalue weighted by Crippen LogP contribution is 2.26. The van der Waals surface area contributed by atoms with Crippen LogP contribution in [-0.4, -0.2) is 23.5 Å². The van der Waals surface area contributed by atoms with Crippen LogP contribution in [0.1, 0.15) is 46.1 Å². The molecule has 0 fully saturated rings. The largest absolute Gasteiger partial charge is 0.484 e. The molecule has 0 aromatic heterocycles. The summed E-state index contributed by atoms with van der Waals surface area (Å²) in [5.41, 5.74) is 2.28. The summed E-state index contributed by atoms with van der Waals surface area (Å²) in [5.74, 6) is 0.112. The van der Waals surface area contributed by atoms with Crippen LogP contribution < -0.4 is 20.7 Å². The molecule has 0 atom stereocenters. The third-order valence-electron chi connectivity index (χ3n) is 4.32. The molecule has 31 heavy (non-hydrogen) atoms. The fourth-order valence-corrected chi connectivity index (χ4v) is 3.05. The maximum absolute atomic E-state index is 12.2. The Hall–Kier alpha value is -2.64. The van der Waals surface area contributed by atoms with Crippen molar-refractivity contribution in [1.82, 2.24) is 5.32 Å². The first-order valence-electron chi connectivity index (χ1n) is 10.0. The smallest absolute Gasteiger partial charge is 0.264 e. The van der Waals surface area contributed by atoms with Crippen molar-refractivity contribution in [2.75, 3.05) is 17.2 Å². The van der Waals surface area contributed by atoms with E-state index in [9.17, 15) is 9.59 Å². The molecule has 166 valence electrons. The maximum Gasteiger partial charge on any atom is 0.264 e. The number of hydrogen-bond donors (Lipinski definition) is 3. The second-order valence-corrected chi connectivity index (χ2v) is 8.87. The van der Waals surface area contributed by atoms with E-state index in [2.05, 4.69) is 36.7 Å².